The van der Waals surface area contributed by atoms with Gasteiger partial charge in [0.15, 0.2) is 0 Å². The normalized spacial score (nSPS) is 29.7. The molecular weight excluding hydrogens is 220 g/mol. The van der Waals surface area contributed by atoms with E-state index in [0.29, 0.717) is 13.2 Å². The Morgan fingerprint density at radius 3 is 2.82 bits per heavy atom. The number of carbonyl (C=O) groups is 1. The molecular formula is C12H22N2O3. The summed E-state index contributed by atoms with van der Waals surface area (Å²) in [5, 5.41) is 3.34. The molecule has 98 valence electrons. The molecule has 0 saturated carbocycles. The van der Waals surface area contributed by atoms with Gasteiger partial charge in [-0.25, -0.2) is 4.79 Å². The Labute approximate surface area is 102 Å². The third-order valence-corrected chi connectivity index (χ3v) is 3.24. The summed E-state index contributed by atoms with van der Waals surface area (Å²) in [5.41, 5.74) is -0.636. The van der Waals surface area contributed by atoms with Gasteiger partial charge in [0.25, 0.3) is 0 Å². The maximum atomic E-state index is 12.2. The van der Waals surface area contributed by atoms with Crippen LogP contribution in [0.2, 0.25) is 0 Å². The minimum Gasteiger partial charge on any atom is -0.444 e. The van der Waals surface area contributed by atoms with Crippen LogP contribution in [0, 0.1) is 0 Å². The van der Waals surface area contributed by atoms with Gasteiger partial charge < -0.3 is 14.8 Å². The molecule has 2 rings (SSSR count). The van der Waals surface area contributed by atoms with Crippen LogP contribution < -0.4 is 5.32 Å². The second-order valence-corrected chi connectivity index (χ2v) is 5.84. The third-order valence-electron chi connectivity index (χ3n) is 3.24. The first-order valence-electron chi connectivity index (χ1n) is 6.22. The number of nitrogens with one attached hydrogen (secondary N) is 1. The average molecular weight is 242 g/mol. The molecule has 2 aliphatic rings. The number of hydrogen-bond acceptors (Lipinski definition) is 4. The van der Waals surface area contributed by atoms with Crippen LogP contribution in [-0.2, 0) is 9.47 Å². The topological polar surface area (TPSA) is 50.8 Å². The second-order valence-electron chi connectivity index (χ2n) is 5.84. The van der Waals surface area contributed by atoms with E-state index in [1.165, 1.54) is 0 Å². The van der Waals surface area contributed by atoms with Gasteiger partial charge in [0, 0.05) is 26.2 Å². The van der Waals surface area contributed by atoms with E-state index in [1.807, 2.05) is 25.7 Å². The van der Waals surface area contributed by atoms with Crippen LogP contribution in [0.4, 0.5) is 4.79 Å². The predicted molar refractivity (Wildman–Crippen MR) is 64.0 cm³/mol. The lowest BCUT2D eigenvalue weighted by molar-refractivity contribution is -0.0138. The highest BCUT2D eigenvalue weighted by Crippen LogP contribution is 2.29. The van der Waals surface area contributed by atoms with Gasteiger partial charge in [-0.1, -0.05) is 0 Å². The minimum atomic E-state index is -0.442. The van der Waals surface area contributed by atoms with Gasteiger partial charge in [-0.3, -0.25) is 4.90 Å². The largest absolute Gasteiger partial charge is 0.444 e. The Bertz CT molecular complexity index is 293. The monoisotopic (exact) mass is 242 g/mol. The zero-order valence-corrected chi connectivity index (χ0v) is 10.9. The van der Waals surface area contributed by atoms with Gasteiger partial charge in [0.2, 0.25) is 0 Å². The maximum Gasteiger partial charge on any atom is 0.410 e. The summed E-state index contributed by atoms with van der Waals surface area (Å²) in [6.07, 6.45) is 0.670. The van der Waals surface area contributed by atoms with Crippen molar-refractivity contribution in [3.63, 3.8) is 0 Å². The molecule has 1 N–H and O–H groups in total. The molecule has 1 spiro atoms. The molecule has 5 nitrogen and oxygen atoms in total. The van der Waals surface area contributed by atoms with Crippen molar-refractivity contribution in [2.75, 3.05) is 32.8 Å². The molecule has 2 heterocycles. The van der Waals surface area contributed by atoms with E-state index in [1.54, 1.807) is 0 Å². The molecule has 0 bridgehead atoms. The highest BCUT2D eigenvalue weighted by atomic mass is 16.6. The van der Waals surface area contributed by atoms with Crippen LogP contribution in [0.3, 0.4) is 0 Å². The zero-order valence-electron chi connectivity index (χ0n) is 10.9. The number of nitrogens with zero attached hydrogens (tertiary/aromatic N) is 1. The van der Waals surface area contributed by atoms with E-state index in [4.69, 9.17) is 9.47 Å². The highest BCUT2D eigenvalue weighted by molar-refractivity contribution is 5.69. The summed E-state index contributed by atoms with van der Waals surface area (Å²) in [5.74, 6) is 0. The first-order valence-corrected chi connectivity index (χ1v) is 6.22. The summed E-state index contributed by atoms with van der Waals surface area (Å²) in [4.78, 5) is 14.0. The molecule has 2 aliphatic heterocycles. The van der Waals surface area contributed by atoms with Crippen LogP contribution in [0.1, 0.15) is 27.2 Å². The molecule has 1 amide bonds. The number of hydrogen-bond donors (Lipinski definition) is 1. The van der Waals surface area contributed by atoms with E-state index < -0.39 is 5.60 Å². The first-order chi connectivity index (χ1) is 7.93. The van der Waals surface area contributed by atoms with E-state index in [2.05, 4.69) is 5.32 Å². The number of ether oxygens (including phenoxy) is 2. The smallest absolute Gasteiger partial charge is 0.410 e. The summed E-state index contributed by atoms with van der Waals surface area (Å²) in [6, 6.07) is 0. The molecule has 1 unspecified atom stereocenters. The molecule has 5 heteroatoms. The van der Waals surface area contributed by atoms with Crippen molar-refractivity contribution in [2.24, 2.45) is 0 Å². The third kappa shape index (κ3) is 2.72. The Balaban J connectivity index is 2.08. The van der Waals surface area contributed by atoms with Crippen molar-refractivity contribution in [3.05, 3.63) is 0 Å². The van der Waals surface area contributed by atoms with Crippen molar-refractivity contribution >= 4 is 6.09 Å². The predicted octanol–water partition coefficient (Wildman–Crippen LogP) is 0.986. The van der Waals surface area contributed by atoms with Crippen LogP contribution in [-0.4, -0.2) is 55.0 Å². The van der Waals surface area contributed by atoms with Crippen molar-refractivity contribution in [1.29, 1.82) is 0 Å². The Morgan fingerprint density at radius 1 is 1.47 bits per heavy atom. The van der Waals surface area contributed by atoms with Crippen LogP contribution >= 0.6 is 0 Å². The SMILES string of the molecule is CC(C)(C)OC(=O)N1CCNCC12CCOC2. The quantitative estimate of drug-likeness (QED) is 0.688. The molecule has 0 radical (unpaired) electrons. The zero-order chi connectivity index (χ0) is 12.5. The molecule has 2 fully saturated rings. The summed E-state index contributed by atoms with van der Waals surface area (Å²) >= 11 is 0. The first kappa shape index (κ1) is 12.6. The fourth-order valence-electron chi connectivity index (χ4n) is 2.40. The molecule has 0 aliphatic carbocycles. The van der Waals surface area contributed by atoms with Crippen LogP contribution in [0.25, 0.3) is 0 Å². The van der Waals surface area contributed by atoms with E-state index in [-0.39, 0.29) is 11.6 Å². The van der Waals surface area contributed by atoms with Gasteiger partial charge in [-0.2, -0.15) is 0 Å². The molecule has 0 aromatic heterocycles. The van der Waals surface area contributed by atoms with Gasteiger partial charge in [0.05, 0.1) is 12.1 Å². The summed E-state index contributed by atoms with van der Waals surface area (Å²) < 4.78 is 10.9. The number of piperazine rings is 1. The lowest BCUT2D eigenvalue weighted by Gasteiger charge is -2.44. The Hall–Kier alpha value is -0.810. The van der Waals surface area contributed by atoms with Gasteiger partial charge >= 0.3 is 6.09 Å². The van der Waals surface area contributed by atoms with Crippen molar-refractivity contribution in [3.8, 4) is 0 Å². The minimum absolute atomic E-state index is 0.194. The molecule has 17 heavy (non-hydrogen) atoms. The second kappa shape index (κ2) is 4.46. The van der Waals surface area contributed by atoms with Crippen molar-refractivity contribution in [1.82, 2.24) is 10.2 Å². The standard InChI is InChI=1S/C12H22N2O3/c1-11(2,3)17-10(15)14-6-5-13-8-12(14)4-7-16-9-12/h13H,4-9H2,1-3H3. The van der Waals surface area contributed by atoms with Crippen LogP contribution in [0.15, 0.2) is 0 Å². The lowest BCUT2D eigenvalue weighted by Crippen LogP contribution is -2.64. The Kier molecular flexibility index (Phi) is 3.32. The Morgan fingerprint density at radius 2 is 2.24 bits per heavy atom. The van der Waals surface area contributed by atoms with Gasteiger partial charge in [-0.15, -0.1) is 0 Å². The molecule has 1 atom stereocenters. The molecule has 0 aromatic rings. The molecule has 0 aromatic carbocycles. The van der Waals surface area contributed by atoms with Gasteiger partial charge in [-0.05, 0) is 27.2 Å². The van der Waals surface area contributed by atoms with Crippen LogP contribution in [0.5, 0.6) is 0 Å². The van der Waals surface area contributed by atoms with E-state index >= 15 is 0 Å². The average Bonchev–Trinajstić information content (AvgIpc) is 2.65. The molecule has 2 saturated heterocycles. The lowest BCUT2D eigenvalue weighted by atomic mass is 9.94. The number of amides is 1. The van der Waals surface area contributed by atoms with Crippen molar-refractivity contribution < 1.29 is 14.3 Å². The maximum absolute atomic E-state index is 12.2. The fourth-order valence-corrected chi connectivity index (χ4v) is 2.40. The number of rotatable bonds is 0. The van der Waals surface area contributed by atoms with Crippen molar-refractivity contribution in [2.45, 2.75) is 38.3 Å². The highest BCUT2D eigenvalue weighted by Gasteiger charge is 2.46. The summed E-state index contributed by atoms with van der Waals surface area (Å²) in [6.45, 7) is 9.33. The van der Waals surface area contributed by atoms with E-state index in [9.17, 15) is 4.79 Å². The van der Waals surface area contributed by atoms with E-state index in [0.717, 1.165) is 26.1 Å². The van der Waals surface area contributed by atoms with Gasteiger partial charge in [0.1, 0.15) is 5.60 Å². The fraction of sp³-hybridized carbons (Fsp3) is 0.917. The number of carbonyl (C=O) groups excluding carboxylic acids is 1. The summed E-state index contributed by atoms with van der Waals surface area (Å²) in [7, 11) is 0.